The van der Waals surface area contributed by atoms with Crippen molar-refractivity contribution in [3.63, 3.8) is 0 Å². The van der Waals surface area contributed by atoms with E-state index in [4.69, 9.17) is 5.11 Å². The van der Waals surface area contributed by atoms with E-state index in [0.29, 0.717) is 6.42 Å². The van der Waals surface area contributed by atoms with Crippen LogP contribution in [0.3, 0.4) is 0 Å². The first kappa shape index (κ1) is 13.5. The minimum atomic E-state index is -4.14. The van der Waals surface area contributed by atoms with E-state index in [1.54, 1.807) is 6.92 Å². The molecule has 0 aliphatic heterocycles. The predicted octanol–water partition coefficient (Wildman–Crippen LogP) is 0.329. The minimum absolute atomic E-state index is 0. The summed E-state index contributed by atoms with van der Waals surface area (Å²) in [5, 5.41) is 8.82. The second kappa shape index (κ2) is 5.51. The summed E-state index contributed by atoms with van der Waals surface area (Å²) in [6.45, 7) is 1.72. The fraction of sp³-hybridized carbons (Fsp3) is 1.00. The van der Waals surface area contributed by atoms with Gasteiger partial charge >= 0.3 is 0 Å². The van der Waals surface area contributed by atoms with E-state index in [-0.39, 0.29) is 13.8 Å². The molecular formula is C6H15O4S-. The lowest BCUT2D eigenvalue weighted by molar-refractivity contribution is 0.166. The number of hydrogen-bond acceptors (Lipinski definition) is 4. The highest BCUT2D eigenvalue weighted by molar-refractivity contribution is 7.85. The third-order valence-corrected chi connectivity index (χ3v) is 1.91. The maximum absolute atomic E-state index is 9.98. The minimum Gasteiger partial charge on any atom is -0.748 e. The largest absolute Gasteiger partial charge is 0.748 e. The van der Waals surface area contributed by atoms with Gasteiger partial charge in [0.25, 0.3) is 0 Å². The molecule has 0 fully saturated rings. The molecule has 1 atom stereocenters. The monoisotopic (exact) mass is 183 g/mol. The average molecular weight is 183 g/mol. The van der Waals surface area contributed by atoms with Gasteiger partial charge in [0.1, 0.15) is 0 Å². The maximum atomic E-state index is 9.98. The molecular weight excluding hydrogens is 168 g/mol. The molecule has 0 spiro atoms. The van der Waals surface area contributed by atoms with Crippen LogP contribution in [0.2, 0.25) is 0 Å². The van der Waals surface area contributed by atoms with Crippen LogP contribution in [-0.4, -0.2) is 29.9 Å². The molecule has 0 rings (SSSR count). The summed E-state index contributed by atoms with van der Waals surface area (Å²) in [6.07, 6.45) is -0.138. The van der Waals surface area contributed by atoms with E-state index in [9.17, 15) is 13.0 Å². The molecule has 1 N–H and O–H groups in total. The molecule has 11 heavy (non-hydrogen) atoms. The fourth-order valence-electron chi connectivity index (χ4n) is 0.484. The van der Waals surface area contributed by atoms with Crippen LogP contribution in [0.15, 0.2) is 0 Å². The van der Waals surface area contributed by atoms with Crippen molar-refractivity contribution in [1.82, 2.24) is 0 Å². The molecule has 70 valence electrons. The van der Waals surface area contributed by atoms with Gasteiger partial charge in [-0.2, -0.15) is 0 Å². The first-order valence-corrected chi connectivity index (χ1v) is 4.65. The van der Waals surface area contributed by atoms with Crippen LogP contribution < -0.4 is 0 Å². The Hall–Kier alpha value is -0.130. The van der Waals surface area contributed by atoms with Gasteiger partial charge in [-0.15, -0.1) is 0 Å². The normalized spacial score (nSPS) is 13.7. The van der Waals surface area contributed by atoms with E-state index < -0.39 is 22.0 Å². The summed E-state index contributed by atoms with van der Waals surface area (Å²) >= 11 is 0. The van der Waals surface area contributed by atoms with Gasteiger partial charge < -0.3 is 9.66 Å². The molecule has 4 nitrogen and oxygen atoms in total. The number of aliphatic hydroxyl groups is 1. The van der Waals surface area contributed by atoms with Gasteiger partial charge in [0.15, 0.2) is 0 Å². The molecule has 0 aliphatic carbocycles. The molecule has 0 saturated carbocycles. The summed E-state index contributed by atoms with van der Waals surface area (Å²) < 4.78 is 30.0. The smallest absolute Gasteiger partial charge is 0.0946 e. The first-order chi connectivity index (χ1) is 4.45. The highest BCUT2D eigenvalue weighted by atomic mass is 32.2. The molecule has 0 amide bonds. The number of aliphatic hydroxyl groups excluding tert-OH is 1. The van der Waals surface area contributed by atoms with Gasteiger partial charge in [0.2, 0.25) is 0 Å². The SMILES string of the molecule is C.CCC(O)CCS(=O)(=O)[O-]. The van der Waals surface area contributed by atoms with Gasteiger partial charge in [-0.3, -0.25) is 0 Å². The summed E-state index contributed by atoms with van der Waals surface area (Å²) in [7, 11) is -4.14. The average Bonchev–Trinajstić information content (AvgIpc) is 1.81. The van der Waals surface area contributed by atoms with Crippen LogP contribution in [0.25, 0.3) is 0 Å². The molecule has 0 bridgehead atoms. The van der Waals surface area contributed by atoms with Gasteiger partial charge in [-0.1, -0.05) is 14.4 Å². The zero-order chi connectivity index (χ0) is 8.20. The van der Waals surface area contributed by atoms with Crippen LogP contribution in [0, 0.1) is 0 Å². The van der Waals surface area contributed by atoms with Crippen LogP contribution >= 0.6 is 0 Å². The van der Waals surface area contributed by atoms with Gasteiger partial charge in [0, 0.05) is 5.75 Å². The molecule has 0 aromatic carbocycles. The second-order valence-electron chi connectivity index (χ2n) is 2.11. The molecule has 5 heteroatoms. The second-order valence-corrected chi connectivity index (χ2v) is 3.64. The van der Waals surface area contributed by atoms with E-state index in [0.717, 1.165) is 0 Å². The van der Waals surface area contributed by atoms with Crippen molar-refractivity contribution in [3.8, 4) is 0 Å². The van der Waals surface area contributed by atoms with Crippen LogP contribution in [0.1, 0.15) is 27.2 Å². The Labute approximate surface area is 68.0 Å². The lowest BCUT2D eigenvalue weighted by Crippen LogP contribution is -2.13. The Morgan fingerprint density at radius 1 is 1.55 bits per heavy atom. The number of rotatable bonds is 4. The van der Waals surface area contributed by atoms with Crippen LogP contribution in [0.5, 0.6) is 0 Å². The first-order valence-electron chi connectivity index (χ1n) is 3.07. The summed E-state index contributed by atoms with van der Waals surface area (Å²) in [6, 6.07) is 0. The predicted molar refractivity (Wildman–Crippen MR) is 42.2 cm³/mol. The van der Waals surface area contributed by atoms with Crippen molar-refractivity contribution >= 4 is 10.1 Å². The standard InChI is InChI=1S/C5H12O4S.CH4/c1-2-5(6)3-4-10(7,8)9;/h5-6H,2-4H2,1H3,(H,7,8,9);1H4/p-1. The Balaban J connectivity index is 0. The summed E-state index contributed by atoms with van der Waals surface area (Å²) in [5.41, 5.74) is 0. The van der Waals surface area contributed by atoms with E-state index >= 15 is 0 Å². The van der Waals surface area contributed by atoms with Gasteiger partial charge in [0.05, 0.1) is 16.2 Å². The maximum Gasteiger partial charge on any atom is 0.0946 e. The Bertz CT molecular complexity index is 173. The third kappa shape index (κ3) is 9.87. The lowest BCUT2D eigenvalue weighted by atomic mass is 10.2. The molecule has 0 heterocycles. The quantitative estimate of drug-likeness (QED) is 0.637. The Morgan fingerprint density at radius 2 is 2.00 bits per heavy atom. The molecule has 1 unspecified atom stereocenters. The molecule has 0 saturated heterocycles. The van der Waals surface area contributed by atoms with E-state index in [2.05, 4.69) is 0 Å². The third-order valence-electron chi connectivity index (χ3n) is 1.17. The number of hydrogen-bond donors (Lipinski definition) is 1. The van der Waals surface area contributed by atoms with Crippen molar-refractivity contribution in [3.05, 3.63) is 0 Å². The van der Waals surface area contributed by atoms with Crippen LogP contribution in [-0.2, 0) is 10.1 Å². The van der Waals surface area contributed by atoms with Crippen LogP contribution in [0.4, 0.5) is 0 Å². The van der Waals surface area contributed by atoms with Gasteiger partial charge in [-0.05, 0) is 12.8 Å². The highest BCUT2D eigenvalue weighted by Crippen LogP contribution is 1.98. The highest BCUT2D eigenvalue weighted by Gasteiger charge is 2.02. The topological polar surface area (TPSA) is 77.4 Å². The lowest BCUT2D eigenvalue weighted by Gasteiger charge is -2.09. The Morgan fingerprint density at radius 3 is 2.27 bits per heavy atom. The zero-order valence-electron chi connectivity index (χ0n) is 5.78. The van der Waals surface area contributed by atoms with E-state index in [1.807, 2.05) is 0 Å². The van der Waals surface area contributed by atoms with Crippen molar-refractivity contribution in [2.45, 2.75) is 33.3 Å². The Kier molecular flexibility index (Phi) is 6.74. The van der Waals surface area contributed by atoms with Crippen molar-refractivity contribution in [2.75, 3.05) is 5.75 Å². The molecule has 0 aromatic rings. The van der Waals surface area contributed by atoms with Crippen molar-refractivity contribution in [2.24, 2.45) is 0 Å². The molecule has 0 aromatic heterocycles. The molecule has 0 aliphatic rings. The zero-order valence-corrected chi connectivity index (χ0v) is 6.60. The van der Waals surface area contributed by atoms with Crippen molar-refractivity contribution < 1.29 is 18.1 Å². The summed E-state index contributed by atoms with van der Waals surface area (Å²) in [5.74, 6) is -0.470. The van der Waals surface area contributed by atoms with E-state index in [1.165, 1.54) is 0 Å². The van der Waals surface area contributed by atoms with Gasteiger partial charge in [-0.25, -0.2) is 8.42 Å². The summed E-state index contributed by atoms with van der Waals surface area (Å²) in [4.78, 5) is 0. The molecule has 0 radical (unpaired) electrons. The van der Waals surface area contributed by atoms with Crippen molar-refractivity contribution in [1.29, 1.82) is 0 Å². The fourth-order valence-corrected chi connectivity index (χ4v) is 1.05.